The van der Waals surface area contributed by atoms with E-state index in [0.29, 0.717) is 32.6 Å². The molecule has 1 heterocycles. The molecule has 1 aromatic heterocycles. The summed E-state index contributed by atoms with van der Waals surface area (Å²) in [6.07, 6.45) is -4.51. The number of methoxy groups -OCH3 is 2. The van der Waals surface area contributed by atoms with Crippen LogP contribution in [0.5, 0.6) is 11.6 Å². The number of carbonyl (C=O) groups is 1. The first kappa shape index (κ1) is 20.7. The summed E-state index contributed by atoms with van der Waals surface area (Å²) >= 11 is 6.57. The molecule has 0 aliphatic rings. The molecule has 0 aliphatic carbocycles. The highest BCUT2D eigenvalue weighted by molar-refractivity contribution is 6.36. The lowest BCUT2D eigenvalue weighted by molar-refractivity contribution is -0.274. The van der Waals surface area contributed by atoms with Crippen molar-refractivity contribution in [2.75, 3.05) is 14.2 Å². The highest BCUT2D eigenvalue weighted by Crippen LogP contribution is 2.35. The van der Waals surface area contributed by atoms with Gasteiger partial charge in [0.1, 0.15) is 5.75 Å². The van der Waals surface area contributed by atoms with Gasteiger partial charge in [-0.15, -0.1) is 13.2 Å². The number of nitrogens with zero attached hydrogens (tertiary/aromatic N) is 1. The third-order valence-corrected chi connectivity index (χ3v) is 4.56. The van der Waals surface area contributed by atoms with Crippen LogP contribution in [0.2, 0.25) is 5.02 Å². The average molecular weight is 426 g/mol. The molecule has 152 valence electrons. The maximum Gasteiger partial charge on any atom is 0.573 e. The molecule has 0 spiro atoms. The predicted octanol–water partition coefficient (Wildman–Crippen LogP) is 5.17. The molecule has 0 radical (unpaired) electrons. The molecular weight excluding hydrogens is 411 g/mol. The Morgan fingerprint density at radius 3 is 2.38 bits per heavy atom. The molecule has 0 aliphatic heterocycles. The highest BCUT2D eigenvalue weighted by atomic mass is 35.5. The summed E-state index contributed by atoms with van der Waals surface area (Å²) in [5, 5.41) is 0.857. The van der Waals surface area contributed by atoms with Crippen LogP contribution in [0.3, 0.4) is 0 Å². The monoisotopic (exact) mass is 425 g/mol. The van der Waals surface area contributed by atoms with Gasteiger partial charge in [-0.2, -0.15) is 0 Å². The lowest BCUT2D eigenvalue weighted by Gasteiger charge is -2.14. The number of rotatable bonds is 5. The molecule has 2 aromatic carbocycles. The molecule has 0 atom stereocenters. The lowest BCUT2D eigenvalue weighted by atomic mass is 10.0. The second kappa shape index (κ2) is 8.16. The zero-order valence-electron chi connectivity index (χ0n) is 15.3. The summed E-state index contributed by atoms with van der Waals surface area (Å²) in [6.45, 7) is 0. The van der Waals surface area contributed by atoms with Gasteiger partial charge in [0, 0.05) is 17.4 Å². The number of benzene rings is 2. The molecular formula is C20H15ClF3NO4. The smallest absolute Gasteiger partial charge is 0.481 e. The Morgan fingerprint density at radius 2 is 1.79 bits per heavy atom. The number of ether oxygens (including phenoxy) is 3. The summed E-state index contributed by atoms with van der Waals surface area (Å²) in [6, 6.07) is 10.2. The van der Waals surface area contributed by atoms with Crippen LogP contribution < -0.4 is 9.47 Å². The van der Waals surface area contributed by atoms with Gasteiger partial charge in [-0.05, 0) is 35.9 Å². The Balaban J connectivity index is 1.99. The zero-order valence-corrected chi connectivity index (χ0v) is 16.1. The fraction of sp³-hybridized carbons (Fsp3) is 0.200. The van der Waals surface area contributed by atoms with Crippen LogP contribution >= 0.6 is 11.6 Å². The van der Waals surface area contributed by atoms with Crippen LogP contribution in [0.25, 0.3) is 10.9 Å². The number of carbonyl (C=O) groups excluding carboxylic acids is 1. The van der Waals surface area contributed by atoms with E-state index in [1.54, 1.807) is 18.2 Å². The number of esters is 1. The van der Waals surface area contributed by atoms with Crippen molar-refractivity contribution in [1.82, 2.24) is 4.98 Å². The van der Waals surface area contributed by atoms with Crippen LogP contribution in [-0.2, 0) is 11.2 Å². The Kier molecular flexibility index (Phi) is 5.83. The lowest BCUT2D eigenvalue weighted by Crippen LogP contribution is -2.17. The minimum absolute atomic E-state index is 0.250. The summed E-state index contributed by atoms with van der Waals surface area (Å²) in [4.78, 5) is 16.2. The highest BCUT2D eigenvalue weighted by Gasteiger charge is 2.31. The zero-order chi connectivity index (χ0) is 21.2. The van der Waals surface area contributed by atoms with Gasteiger partial charge in [0.25, 0.3) is 0 Å². The number of hydrogen-bond acceptors (Lipinski definition) is 5. The van der Waals surface area contributed by atoms with Crippen LogP contribution in [0, 0.1) is 0 Å². The van der Waals surface area contributed by atoms with Gasteiger partial charge in [-0.1, -0.05) is 23.7 Å². The van der Waals surface area contributed by atoms with E-state index in [4.69, 9.17) is 21.1 Å². The Bertz CT molecular complexity index is 1050. The van der Waals surface area contributed by atoms with E-state index < -0.39 is 12.3 Å². The van der Waals surface area contributed by atoms with E-state index >= 15 is 0 Å². The van der Waals surface area contributed by atoms with Crippen molar-refractivity contribution < 1.29 is 32.2 Å². The fourth-order valence-corrected chi connectivity index (χ4v) is 3.12. The van der Waals surface area contributed by atoms with Crippen molar-refractivity contribution in [2.45, 2.75) is 12.8 Å². The number of halogens is 4. The molecule has 9 heteroatoms. The molecule has 0 unspecified atom stereocenters. The quantitative estimate of drug-likeness (QED) is 0.528. The largest absolute Gasteiger partial charge is 0.573 e. The Morgan fingerprint density at radius 1 is 1.10 bits per heavy atom. The summed E-state index contributed by atoms with van der Waals surface area (Å²) in [5.41, 5.74) is 2.05. The first-order valence-corrected chi connectivity index (χ1v) is 8.68. The van der Waals surface area contributed by atoms with E-state index in [1.165, 1.54) is 38.5 Å². The van der Waals surface area contributed by atoms with Crippen molar-refractivity contribution in [1.29, 1.82) is 0 Å². The number of alkyl halides is 3. The molecule has 5 nitrogen and oxygen atoms in total. The van der Waals surface area contributed by atoms with Crippen molar-refractivity contribution >= 4 is 28.5 Å². The summed E-state index contributed by atoms with van der Waals surface area (Å²) < 4.78 is 50.8. The van der Waals surface area contributed by atoms with Crippen molar-refractivity contribution in [3.8, 4) is 11.6 Å². The van der Waals surface area contributed by atoms with Crippen LogP contribution in [0.4, 0.5) is 13.2 Å². The van der Waals surface area contributed by atoms with Crippen molar-refractivity contribution in [2.24, 2.45) is 0 Å². The first-order chi connectivity index (χ1) is 13.7. The fourth-order valence-electron chi connectivity index (χ4n) is 2.82. The van der Waals surface area contributed by atoms with E-state index in [1.807, 2.05) is 0 Å². The number of pyridine rings is 1. The molecule has 3 rings (SSSR count). The van der Waals surface area contributed by atoms with Crippen LogP contribution in [-0.4, -0.2) is 31.5 Å². The summed E-state index contributed by atoms with van der Waals surface area (Å²) in [7, 11) is 2.72. The number of aromatic nitrogens is 1. The predicted molar refractivity (Wildman–Crippen MR) is 101 cm³/mol. The van der Waals surface area contributed by atoms with Gasteiger partial charge in [-0.3, -0.25) is 0 Å². The van der Waals surface area contributed by atoms with Crippen molar-refractivity contribution in [3.63, 3.8) is 0 Å². The third kappa shape index (κ3) is 4.71. The molecule has 0 fully saturated rings. The number of hydrogen-bond donors (Lipinski definition) is 0. The maximum absolute atomic E-state index is 12.3. The third-order valence-electron chi connectivity index (χ3n) is 4.13. The maximum atomic E-state index is 12.3. The van der Waals surface area contributed by atoms with E-state index in [9.17, 15) is 18.0 Å². The molecule has 0 saturated heterocycles. The molecule has 0 bridgehead atoms. The van der Waals surface area contributed by atoms with E-state index in [2.05, 4.69) is 9.72 Å². The second-order valence-electron chi connectivity index (χ2n) is 6.01. The van der Waals surface area contributed by atoms with E-state index in [-0.39, 0.29) is 18.1 Å². The van der Waals surface area contributed by atoms with Gasteiger partial charge in [-0.25, -0.2) is 9.78 Å². The molecule has 3 aromatic rings. The summed E-state index contributed by atoms with van der Waals surface area (Å²) in [5.74, 6) is -0.553. The standard InChI is InChI=1S/C20H15ClF3NO4/c1-27-18-15(9-11-3-6-13(7-4-11)29-20(22,23)24)17(21)14-10-12(19(26)28-2)5-8-16(14)25-18/h3-8,10H,9H2,1-2H3. The van der Waals surface area contributed by atoms with Gasteiger partial charge in [0.05, 0.1) is 30.3 Å². The molecule has 29 heavy (non-hydrogen) atoms. The van der Waals surface area contributed by atoms with Gasteiger partial charge < -0.3 is 14.2 Å². The van der Waals surface area contributed by atoms with E-state index in [0.717, 1.165) is 0 Å². The second-order valence-corrected chi connectivity index (χ2v) is 6.38. The van der Waals surface area contributed by atoms with Crippen LogP contribution in [0.1, 0.15) is 21.5 Å². The average Bonchev–Trinajstić information content (AvgIpc) is 2.69. The SMILES string of the molecule is COC(=O)c1ccc2nc(OC)c(Cc3ccc(OC(F)(F)F)cc3)c(Cl)c2c1. The number of fused-ring (bicyclic) bond motifs is 1. The van der Waals surface area contributed by atoms with Gasteiger partial charge in [0.15, 0.2) is 0 Å². The minimum Gasteiger partial charge on any atom is -0.481 e. The molecule has 0 amide bonds. The first-order valence-electron chi connectivity index (χ1n) is 8.31. The normalized spacial score (nSPS) is 11.4. The molecule has 0 N–H and O–H groups in total. The van der Waals surface area contributed by atoms with Gasteiger partial charge in [0.2, 0.25) is 5.88 Å². The minimum atomic E-state index is -4.76. The Labute approximate surface area is 169 Å². The molecule has 0 saturated carbocycles. The Hall–Kier alpha value is -3.00. The topological polar surface area (TPSA) is 57.7 Å². The van der Waals surface area contributed by atoms with Gasteiger partial charge >= 0.3 is 12.3 Å². The van der Waals surface area contributed by atoms with Crippen LogP contribution in [0.15, 0.2) is 42.5 Å². The van der Waals surface area contributed by atoms with Crippen molar-refractivity contribution in [3.05, 3.63) is 64.2 Å².